The number of aromatic nitrogens is 1. The Bertz CT molecular complexity index is 439. The van der Waals surface area contributed by atoms with Gasteiger partial charge in [-0.2, -0.15) is 0 Å². The number of hydrogen-bond acceptors (Lipinski definition) is 5. The summed E-state index contributed by atoms with van der Waals surface area (Å²) >= 11 is 0. The van der Waals surface area contributed by atoms with E-state index in [1.165, 1.54) is 7.11 Å². The van der Waals surface area contributed by atoms with Crippen molar-refractivity contribution in [1.29, 1.82) is 0 Å². The molecule has 0 bridgehead atoms. The lowest BCUT2D eigenvalue weighted by molar-refractivity contribution is -0.142. The van der Waals surface area contributed by atoms with Crippen LogP contribution in [0.2, 0.25) is 0 Å². The minimum atomic E-state index is -0.407. The van der Waals surface area contributed by atoms with Gasteiger partial charge in [0.25, 0.3) is 0 Å². The highest BCUT2D eigenvalue weighted by Crippen LogP contribution is 2.17. The average Bonchev–Trinajstić information content (AvgIpc) is 2.33. The standard InChI is InChI=1S/C14H22N2O3/c1-10-6-7-12(19-9-13(17)18-5)11(16-10)8-15-14(2,3)4/h6-7,15H,8-9H2,1-5H3. The summed E-state index contributed by atoms with van der Waals surface area (Å²) < 4.78 is 9.98. The number of carbonyl (C=O) groups is 1. The molecule has 1 heterocycles. The maximum absolute atomic E-state index is 11.1. The SMILES string of the molecule is COC(=O)COc1ccc(C)nc1CNC(C)(C)C. The van der Waals surface area contributed by atoms with Gasteiger partial charge >= 0.3 is 5.97 Å². The van der Waals surface area contributed by atoms with Gasteiger partial charge in [0, 0.05) is 17.8 Å². The van der Waals surface area contributed by atoms with Crippen LogP contribution in [0.3, 0.4) is 0 Å². The Labute approximate surface area is 114 Å². The number of rotatable bonds is 5. The highest BCUT2D eigenvalue weighted by Gasteiger charge is 2.13. The average molecular weight is 266 g/mol. The number of carbonyl (C=O) groups excluding carboxylic acids is 1. The lowest BCUT2D eigenvalue weighted by atomic mass is 10.1. The van der Waals surface area contributed by atoms with E-state index in [0.29, 0.717) is 12.3 Å². The van der Waals surface area contributed by atoms with Crippen LogP contribution < -0.4 is 10.1 Å². The fourth-order valence-corrected chi connectivity index (χ4v) is 1.40. The lowest BCUT2D eigenvalue weighted by Gasteiger charge is -2.21. The summed E-state index contributed by atoms with van der Waals surface area (Å²) in [5.74, 6) is 0.197. The molecule has 0 unspecified atom stereocenters. The predicted octanol–water partition coefficient (Wildman–Crippen LogP) is 1.83. The summed E-state index contributed by atoms with van der Waals surface area (Å²) in [4.78, 5) is 15.5. The van der Waals surface area contributed by atoms with Crippen molar-refractivity contribution in [2.24, 2.45) is 0 Å². The number of esters is 1. The monoisotopic (exact) mass is 266 g/mol. The zero-order valence-corrected chi connectivity index (χ0v) is 12.2. The third kappa shape index (κ3) is 5.70. The lowest BCUT2D eigenvalue weighted by Crippen LogP contribution is -2.35. The normalized spacial score (nSPS) is 11.2. The Balaban J connectivity index is 2.76. The van der Waals surface area contributed by atoms with Crippen molar-refractivity contribution in [2.45, 2.75) is 39.8 Å². The molecule has 0 amide bonds. The summed E-state index contributed by atoms with van der Waals surface area (Å²) in [6.07, 6.45) is 0. The van der Waals surface area contributed by atoms with Crippen molar-refractivity contribution < 1.29 is 14.3 Å². The third-order valence-corrected chi connectivity index (χ3v) is 2.43. The van der Waals surface area contributed by atoms with Gasteiger partial charge in [0.15, 0.2) is 6.61 Å². The van der Waals surface area contributed by atoms with E-state index in [1.807, 2.05) is 19.1 Å². The number of hydrogen-bond donors (Lipinski definition) is 1. The molecule has 0 aliphatic rings. The topological polar surface area (TPSA) is 60.5 Å². The van der Waals surface area contributed by atoms with E-state index in [4.69, 9.17) is 4.74 Å². The van der Waals surface area contributed by atoms with E-state index in [0.717, 1.165) is 11.4 Å². The Morgan fingerprint density at radius 1 is 1.37 bits per heavy atom. The Morgan fingerprint density at radius 3 is 2.63 bits per heavy atom. The number of nitrogens with one attached hydrogen (secondary N) is 1. The molecular formula is C14H22N2O3. The van der Waals surface area contributed by atoms with E-state index in [-0.39, 0.29) is 12.1 Å². The summed E-state index contributed by atoms with van der Waals surface area (Å²) in [6, 6.07) is 3.68. The fraction of sp³-hybridized carbons (Fsp3) is 0.571. The zero-order valence-electron chi connectivity index (χ0n) is 12.2. The maximum Gasteiger partial charge on any atom is 0.343 e. The van der Waals surface area contributed by atoms with Crippen LogP contribution >= 0.6 is 0 Å². The summed E-state index contributed by atoms with van der Waals surface area (Å²) in [5, 5.41) is 3.35. The van der Waals surface area contributed by atoms with Crippen molar-refractivity contribution in [3.05, 3.63) is 23.5 Å². The molecule has 1 aromatic rings. The van der Waals surface area contributed by atoms with Gasteiger partial charge in [-0.3, -0.25) is 4.98 Å². The van der Waals surface area contributed by atoms with E-state index >= 15 is 0 Å². The number of methoxy groups -OCH3 is 1. The maximum atomic E-state index is 11.1. The van der Waals surface area contributed by atoms with Crippen molar-refractivity contribution in [3.63, 3.8) is 0 Å². The molecule has 5 nitrogen and oxygen atoms in total. The number of ether oxygens (including phenoxy) is 2. The molecular weight excluding hydrogens is 244 g/mol. The number of pyridine rings is 1. The largest absolute Gasteiger partial charge is 0.480 e. The smallest absolute Gasteiger partial charge is 0.343 e. The summed E-state index contributed by atoms with van der Waals surface area (Å²) in [5.41, 5.74) is 1.69. The van der Waals surface area contributed by atoms with Gasteiger partial charge in [0.2, 0.25) is 0 Å². The first-order valence-corrected chi connectivity index (χ1v) is 6.23. The van der Waals surface area contributed by atoms with Gasteiger partial charge < -0.3 is 14.8 Å². The van der Waals surface area contributed by atoms with Crippen LogP contribution in [-0.2, 0) is 16.1 Å². The molecule has 0 aliphatic carbocycles. The number of aryl methyl sites for hydroxylation is 1. The second-order valence-corrected chi connectivity index (χ2v) is 5.37. The second-order valence-electron chi connectivity index (χ2n) is 5.37. The summed E-state index contributed by atoms with van der Waals surface area (Å²) in [6.45, 7) is 8.64. The van der Waals surface area contributed by atoms with Crippen LogP contribution in [0.5, 0.6) is 5.75 Å². The van der Waals surface area contributed by atoms with Gasteiger partial charge in [-0.1, -0.05) is 0 Å². The van der Waals surface area contributed by atoms with Crippen LogP contribution in [0.4, 0.5) is 0 Å². The molecule has 0 saturated carbocycles. The Kier molecular flexibility index (Phi) is 5.30. The first-order valence-electron chi connectivity index (χ1n) is 6.23. The molecule has 0 atom stereocenters. The summed E-state index contributed by atoms with van der Waals surface area (Å²) in [7, 11) is 1.33. The second kappa shape index (κ2) is 6.52. The molecule has 106 valence electrons. The third-order valence-electron chi connectivity index (χ3n) is 2.43. The van der Waals surface area contributed by atoms with Gasteiger partial charge in [-0.05, 0) is 39.8 Å². The van der Waals surface area contributed by atoms with Crippen LogP contribution in [0.25, 0.3) is 0 Å². The number of nitrogens with zero attached hydrogens (tertiary/aromatic N) is 1. The van der Waals surface area contributed by atoms with Gasteiger partial charge in [-0.15, -0.1) is 0 Å². The van der Waals surface area contributed by atoms with Gasteiger partial charge in [0.05, 0.1) is 12.8 Å². The zero-order chi connectivity index (χ0) is 14.5. The van der Waals surface area contributed by atoms with E-state index in [9.17, 15) is 4.79 Å². The Hall–Kier alpha value is -1.62. The molecule has 5 heteroatoms. The van der Waals surface area contributed by atoms with E-state index in [1.54, 1.807) is 0 Å². The Morgan fingerprint density at radius 2 is 2.05 bits per heavy atom. The van der Waals surface area contributed by atoms with E-state index < -0.39 is 5.97 Å². The molecule has 1 N–H and O–H groups in total. The molecule has 0 saturated heterocycles. The highest BCUT2D eigenvalue weighted by molar-refractivity contribution is 5.70. The van der Waals surface area contributed by atoms with Crippen molar-refractivity contribution >= 4 is 5.97 Å². The molecule has 1 rings (SSSR count). The first kappa shape index (κ1) is 15.4. The molecule has 0 aromatic carbocycles. The van der Waals surface area contributed by atoms with Crippen LogP contribution in [0.1, 0.15) is 32.2 Å². The molecule has 1 aromatic heterocycles. The predicted molar refractivity (Wildman–Crippen MR) is 73.1 cm³/mol. The van der Waals surface area contributed by atoms with Gasteiger partial charge in [0.1, 0.15) is 5.75 Å². The minimum absolute atomic E-state index is 0.00888. The van der Waals surface area contributed by atoms with E-state index in [2.05, 4.69) is 35.8 Å². The quantitative estimate of drug-likeness (QED) is 0.824. The van der Waals surface area contributed by atoms with Crippen LogP contribution in [-0.4, -0.2) is 30.2 Å². The fourth-order valence-electron chi connectivity index (χ4n) is 1.40. The van der Waals surface area contributed by atoms with Crippen molar-refractivity contribution in [3.8, 4) is 5.75 Å². The molecule has 0 fully saturated rings. The molecule has 0 spiro atoms. The first-order chi connectivity index (χ1) is 8.81. The van der Waals surface area contributed by atoms with Crippen molar-refractivity contribution in [2.75, 3.05) is 13.7 Å². The van der Waals surface area contributed by atoms with Crippen LogP contribution in [0, 0.1) is 6.92 Å². The van der Waals surface area contributed by atoms with Crippen molar-refractivity contribution in [1.82, 2.24) is 10.3 Å². The highest BCUT2D eigenvalue weighted by atomic mass is 16.6. The minimum Gasteiger partial charge on any atom is -0.480 e. The molecule has 0 aliphatic heterocycles. The van der Waals surface area contributed by atoms with Gasteiger partial charge in [-0.25, -0.2) is 4.79 Å². The van der Waals surface area contributed by atoms with Crippen LogP contribution in [0.15, 0.2) is 12.1 Å². The molecule has 19 heavy (non-hydrogen) atoms. The molecule has 0 radical (unpaired) electrons.